The first-order chi connectivity index (χ1) is 5.66. The van der Waals surface area contributed by atoms with E-state index in [4.69, 9.17) is 0 Å². The largest absolute Gasteiger partial charge is 0.508 e. The molecule has 0 aliphatic carbocycles. The van der Waals surface area contributed by atoms with E-state index in [-0.39, 0.29) is 0 Å². The van der Waals surface area contributed by atoms with Gasteiger partial charge in [-0.1, -0.05) is 0 Å². The van der Waals surface area contributed by atoms with Gasteiger partial charge < -0.3 is 0 Å². The van der Waals surface area contributed by atoms with E-state index in [1.54, 1.807) is 0 Å². The summed E-state index contributed by atoms with van der Waals surface area (Å²) in [4.78, 5) is 2.80. The quantitative estimate of drug-likeness (QED) is 0.450. The lowest BCUT2D eigenvalue weighted by molar-refractivity contribution is -0.501. The third kappa shape index (κ3) is 1.55. The molecule has 0 bridgehead atoms. The van der Waals surface area contributed by atoms with Crippen LogP contribution in [0.4, 0.5) is 30.7 Å². The van der Waals surface area contributed by atoms with Crippen molar-refractivity contribution in [1.29, 1.82) is 0 Å². The van der Waals surface area contributed by atoms with Crippen LogP contribution < -0.4 is 0 Å². The summed E-state index contributed by atoms with van der Waals surface area (Å²) in [6.45, 7) is 0. The molecule has 0 radical (unpaired) electrons. The molecule has 0 aromatic carbocycles. The van der Waals surface area contributed by atoms with Gasteiger partial charge in [-0.15, -0.1) is 18.2 Å². The maximum Gasteiger partial charge on any atom is 0.508 e. The van der Waals surface area contributed by atoms with Crippen LogP contribution in [0.1, 0.15) is 0 Å². The zero-order chi connectivity index (χ0) is 10.4. The third-order valence-corrected chi connectivity index (χ3v) is 1.09. The monoisotopic (exact) mass is 211 g/mol. The van der Waals surface area contributed by atoms with E-state index in [1.165, 1.54) is 0 Å². The molecule has 1 saturated heterocycles. The van der Waals surface area contributed by atoms with Crippen molar-refractivity contribution in [1.82, 2.24) is 5.06 Å². The fraction of sp³-hybridized carbons (Fsp3) is 0.500. The predicted octanol–water partition coefficient (Wildman–Crippen LogP) is 2.45. The SMILES string of the molecule is FC(F)=C1N(C(F)(F)F)OC1(F)F. The van der Waals surface area contributed by atoms with Gasteiger partial charge in [0.05, 0.1) is 0 Å². The van der Waals surface area contributed by atoms with Gasteiger partial charge in [-0.05, 0) is 0 Å². The van der Waals surface area contributed by atoms with Crippen molar-refractivity contribution in [3.8, 4) is 0 Å². The fourth-order valence-corrected chi connectivity index (χ4v) is 0.648. The van der Waals surface area contributed by atoms with Gasteiger partial charge in [0.15, 0.2) is 0 Å². The first kappa shape index (κ1) is 10.1. The Kier molecular flexibility index (Phi) is 1.94. The van der Waals surface area contributed by atoms with Crippen LogP contribution in [0.3, 0.4) is 0 Å². The smallest absolute Gasteiger partial charge is 0.188 e. The maximum absolute atomic E-state index is 11.9. The van der Waals surface area contributed by atoms with E-state index in [0.29, 0.717) is 0 Å². The van der Waals surface area contributed by atoms with E-state index < -0.39 is 29.2 Å². The van der Waals surface area contributed by atoms with Gasteiger partial charge in [-0.3, -0.25) is 0 Å². The van der Waals surface area contributed by atoms with E-state index in [9.17, 15) is 30.7 Å². The molecular formula is C4F7NO. The fourth-order valence-electron chi connectivity index (χ4n) is 0.648. The highest BCUT2D eigenvalue weighted by atomic mass is 19.4. The molecule has 0 unspecified atom stereocenters. The van der Waals surface area contributed by atoms with Crippen molar-refractivity contribution in [2.45, 2.75) is 12.4 Å². The molecule has 0 aromatic heterocycles. The lowest BCUT2D eigenvalue weighted by atomic mass is 10.4. The van der Waals surface area contributed by atoms with Crippen LogP contribution in [-0.4, -0.2) is 17.5 Å². The molecule has 1 aliphatic heterocycles. The number of halogens is 7. The number of hydrogen-bond acceptors (Lipinski definition) is 2. The molecule has 1 heterocycles. The number of hydrogen-bond donors (Lipinski definition) is 0. The molecule has 0 N–H and O–H groups in total. The third-order valence-electron chi connectivity index (χ3n) is 1.09. The second kappa shape index (κ2) is 2.50. The highest BCUT2D eigenvalue weighted by Crippen LogP contribution is 2.48. The van der Waals surface area contributed by atoms with Crippen LogP contribution in [-0.2, 0) is 4.84 Å². The summed E-state index contributed by atoms with van der Waals surface area (Å²) in [5.41, 5.74) is -2.47. The molecular weight excluding hydrogens is 211 g/mol. The average molecular weight is 211 g/mol. The Labute approximate surface area is 66.1 Å². The maximum atomic E-state index is 11.9. The number of alkyl halides is 5. The zero-order valence-corrected chi connectivity index (χ0v) is 5.50. The molecule has 1 rings (SSSR count). The van der Waals surface area contributed by atoms with Crippen LogP contribution in [0.2, 0.25) is 0 Å². The number of hydroxylamine groups is 2. The second-order valence-electron chi connectivity index (χ2n) is 1.98. The van der Waals surface area contributed by atoms with Gasteiger partial charge in [-0.25, -0.2) is 0 Å². The Morgan fingerprint density at radius 3 is 1.85 bits per heavy atom. The summed E-state index contributed by atoms with van der Waals surface area (Å²) < 4.78 is 81.6. The number of nitrogens with zero attached hydrogens (tertiary/aromatic N) is 1. The molecule has 76 valence electrons. The molecule has 0 saturated carbocycles. The van der Waals surface area contributed by atoms with Crippen molar-refractivity contribution in [3.05, 3.63) is 11.8 Å². The number of rotatable bonds is 0. The molecule has 13 heavy (non-hydrogen) atoms. The highest BCUT2D eigenvalue weighted by molar-refractivity contribution is 5.13. The van der Waals surface area contributed by atoms with Crippen LogP contribution in [0.15, 0.2) is 11.8 Å². The van der Waals surface area contributed by atoms with Gasteiger partial charge in [-0.2, -0.15) is 22.4 Å². The highest BCUT2D eigenvalue weighted by Gasteiger charge is 2.65. The Balaban J connectivity index is 2.95. The Bertz CT molecular complexity index is 252. The molecule has 1 fully saturated rings. The van der Waals surface area contributed by atoms with Gasteiger partial charge in [0.2, 0.25) is 5.70 Å². The second-order valence-corrected chi connectivity index (χ2v) is 1.98. The van der Waals surface area contributed by atoms with Crippen LogP contribution in [0, 0.1) is 0 Å². The lowest BCUT2D eigenvalue weighted by Crippen LogP contribution is -2.57. The minimum absolute atomic E-state index is 1.48. The van der Waals surface area contributed by atoms with Gasteiger partial charge >= 0.3 is 18.5 Å². The van der Waals surface area contributed by atoms with Crippen molar-refractivity contribution in [2.75, 3.05) is 0 Å². The molecule has 0 spiro atoms. The van der Waals surface area contributed by atoms with Crippen molar-refractivity contribution < 1.29 is 35.6 Å². The molecule has 9 heteroatoms. The Morgan fingerprint density at radius 2 is 1.69 bits per heavy atom. The lowest BCUT2D eigenvalue weighted by Gasteiger charge is -2.40. The molecule has 1 aliphatic rings. The van der Waals surface area contributed by atoms with Gasteiger partial charge in [0, 0.05) is 0 Å². The van der Waals surface area contributed by atoms with Crippen LogP contribution in [0.25, 0.3) is 0 Å². The first-order valence-electron chi connectivity index (χ1n) is 2.66. The van der Waals surface area contributed by atoms with Crippen molar-refractivity contribution >= 4 is 0 Å². The first-order valence-corrected chi connectivity index (χ1v) is 2.66. The summed E-state index contributed by atoms with van der Waals surface area (Å²) in [6.07, 6.45) is -13.1. The summed E-state index contributed by atoms with van der Waals surface area (Å²) >= 11 is 0. The van der Waals surface area contributed by atoms with E-state index in [2.05, 4.69) is 4.84 Å². The molecule has 0 amide bonds. The van der Waals surface area contributed by atoms with Crippen LogP contribution >= 0.6 is 0 Å². The zero-order valence-electron chi connectivity index (χ0n) is 5.50. The normalized spacial score (nSPS) is 21.5. The van der Waals surface area contributed by atoms with E-state index in [1.807, 2.05) is 0 Å². The van der Waals surface area contributed by atoms with Crippen molar-refractivity contribution in [2.24, 2.45) is 0 Å². The molecule has 0 atom stereocenters. The Hall–Kier alpha value is -0.990. The van der Waals surface area contributed by atoms with Gasteiger partial charge in [0.25, 0.3) is 0 Å². The minimum atomic E-state index is -5.40. The van der Waals surface area contributed by atoms with Crippen molar-refractivity contribution in [3.63, 3.8) is 0 Å². The topological polar surface area (TPSA) is 12.5 Å². The molecule has 2 nitrogen and oxygen atoms in total. The summed E-state index contributed by atoms with van der Waals surface area (Å²) in [6, 6.07) is 0. The predicted molar refractivity (Wildman–Crippen MR) is 23.2 cm³/mol. The van der Waals surface area contributed by atoms with E-state index in [0.717, 1.165) is 0 Å². The van der Waals surface area contributed by atoms with Crippen LogP contribution in [0.5, 0.6) is 0 Å². The standard InChI is InChI=1S/C4F7NO/c5-2(6)1-3(7,8)13-12(1)4(9,10)11. The minimum Gasteiger partial charge on any atom is -0.188 e. The average Bonchev–Trinajstić information content (AvgIpc) is 1.79. The molecule has 0 aromatic rings. The van der Waals surface area contributed by atoms with Gasteiger partial charge in [0.1, 0.15) is 0 Å². The summed E-state index contributed by atoms with van der Waals surface area (Å²) in [7, 11) is 0. The summed E-state index contributed by atoms with van der Waals surface area (Å²) in [5.74, 6) is 0. The summed E-state index contributed by atoms with van der Waals surface area (Å²) in [5, 5.41) is -1.48. The van der Waals surface area contributed by atoms with E-state index >= 15 is 0 Å². The Morgan fingerprint density at radius 1 is 1.23 bits per heavy atom.